The molecule has 0 aliphatic heterocycles. The number of hydrogen-bond donors (Lipinski definition) is 3. The Morgan fingerprint density at radius 1 is 0.326 bits per heavy atom. The number of ether oxygens (including phenoxy) is 12. The number of benzene rings is 6. The monoisotopic (exact) mass is 1190 g/mol. The van der Waals surface area contributed by atoms with Crippen LogP contribution in [-0.2, 0) is 14.4 Å². The molecule has 24 nitrogen and oxygen atoms in total. The first kappa shape index (κ1) is 65.8. The molecule has 0 bridgehead atoms. The van der Waals surface area contributed by atoms with Crippen LogP contribution < -0.4 is 73.1 Å². The molecule has 0 unspecified atom stereocenters. The fourth-order valence-corrected chi connectivity index (χ4v) is 8.25. The number of carbonyl (C=O) groups is 3. The highest BCUT2D eigenvalue weighted by molar-refractivity contribution is 5.89. The average molecular weight is 1190 g/mol. The minimum Gasteiger partial charge on any atom is -0.496 e. The van der Waals surface area contributed by atoms with E-state index in [0.717, 1.165) is 0 Å². The summed E-state index contributed by atoms with van der Waals surface area (Å²) in [5.41, 5.74) is 1.49. The molecule has 0 saturated carbocycles. The molecule has 3 heterocycles. The molecule has 0 atom stereocenters. The van der Waals surface area contributed by atoms with Crippen molar-refractivity contribution in [3.05, 3.63) is 140 Å². The maximum Gasteiger partial charge on any atom is 0.341 e. The van der Waals surface area contributed by atoms with Gasteiger partial charge >= 0.3 is 17.9 Å². The highest BCUT2D eigenvalue weighted by atomic mass is 16.5. The van der Waals surface area contributed by atoms with Crippen molar-refractivity contribution in [3.63, 3.8) is 0 Å². The smallest absolute Gasteiger partial charge is 0.341 e. The van der Waals surface area contributed by atoms with Gasteiger partial charge in [0.05, 0.1) is 64.0 Å². The molecule has 86 heavy (non-hydrogen) atoms. The maximum atomic E-state index is 12.7. The Balaban J connectivity index is 0.000000233. The predicted octanol–water partition coefficient (Wildman–Crippen LogP) is 10.1. The van der Waals surface area contributed by atoms with Gasteiger partial charge in [-0.15, -0.1) is 0 Å². The quantitative estimate of drug-likeness (QED) is 0.0602. The van der Waals surface area contributed by atoms with Crippen LogP contribution in [0.1, 0.15) is 14.9 Å². The van der Waals surface area contributed by atoms with E-state index in [1.54, 1.807) is 54.6 Å². The summed E-state index contributed by atoms with van der Waals surface area (Å²) in [6, 6.07) is 28.1. The number of carboxylic acids is 3. The molecule has 0 aliphatic rings. The van der Waals surface area contributed by atoms with E-state index in [2.05, 4.69) is 0 Å². The normalized spacial score (nSPS) is 10.3. The standard InChI is InChI=1S/3C20H18O8.2CH4/c3*1-24-14-5-4-11(6-16(14)25-2)15-9-13(21)20-17(26-3)7-12(8-18(20)28-15)27-10-19(22)23;;/h3*4-9H,10H2,1-3H3,(H,22,23);2*1H4. The second kappa shape index (κ2) is 29.8. The molecular formula is C62H62O24. The first-order valence-corrected chi connectivity index (χ1v) is 24.6. The SMILES string of the molecule is C.C.COc1ccc(-c2cc(=O)c3c(OC)cc(OCC(=O)O)cc3o2)cc1OC.COc1ccc(-c2cc(=O)c3c(OC)cc(OCC(=O)O)cc3o2)cc1OC.COc1ccc(-c2cc(=O)c3c(OC)cc(OCC(=O)O)cc3o2)cc1OC. The van der Waals surface area contributed by atoms with Gasteiger partial charge in [0.15, 0.2) is 70.6 Å². The topological polar surface area (TPSA) is 313 Å². The Kier molecular flexibility index (Phi) is 22.8. The molecule has 24 heteroatoms. The van der Waals surface area contributed by atoms with Crippen molar-refractivity contribution >= 4 is 50.8 Å². The van der Waals surface area contributed by atoms with Crippen molar-refractivity contribution in [2.75, 3.05) is 83.8 Å². The van der Waals surface area contributed by atoms with Gasteiger partial charge in [0.1, 0.15) is 84.7 Å². The number of fused-ring (bicyclic) bond motifs is 3. The van der Waals surface area contributed by atoms with Gasteiger partial charge in [-0.3, -0.25) is 14.4 Å². The lowest BCUT2D eigenvalue weighted by Crippen LogP contribution is -2.10. The molecule has 0 aliphatic carbocycles. The minimum atomic E-state index is -1.13. The molecular weight excluding hydrogens is 1130 g/mol. The zero-order valence-corrected chi connectivity index (χ0v) is 46.4. The van der Waals surface area contributed by atoms with E-state index in [1.165, 1.54) is 119 Å². The van der Waals surface area contributed by atoms with Crippen molar-refractivity contribution in [1.82, 2.24) is 0 Å². The van der Waals surface area contributed by atoms with E-state index in [-0.39, 0.29) is 98.5 Å². The first-order valence-electron chi connectivity index (χ1n) is 24.6. The summed E-state index contributed by atoms with van der Waals surface area (Å²) in [6.07, 6.45) is 0. The van der Waals surface area contributed by atoms with Gasteiger partial charge in [-0.1, -0.05) is 14.9 Å². The van der Waals surface area contributed by atoms with Crippen LogP contribution in [0, 0.1) is 0 Å². The van der Waals surface area contributed by atoms with E-state index in [1.807, 2.05) is 0 Å². The summed E-state index contributed by atoms with van der Waals surface area (Å²) >= 11 is 0. The van der Waals surface area contributed by atoms with Gasteiger partial charge in [-0.05, 0) is 54.6 Å². The number of methoxy groups -OCH3 is 9. The second-order valence-corrected chi connectivity index (χ2v) is 17.2. The molecule has 454 valence electrons. The zero-order valence-electron chi connectivity index (χ0n) is 46.4. The van der Waals surface area contributed by atoms with Gasteiger partial charge in [0.25, 0.3) is 0 Å². The van der Waals surface area contributed by atoms with Crippen LogP contribution in [0.4, 0.5) is 0 Å². The third-order valence-electron chi connectivity index (χ3n) is 12.1. The van der Waals surface area contributed by atoms with Crippen LogP contribution >= 0.6 is 0 Å². The Morgan fingerprint density at radius 3 is 0.767 bits per heavy atom. The third-order valence-corrected chi connectivity index (χ3v) is 12.1. The molecule has 0 amide bonds. The number of carboxylic acid groups (broad SMARTS) is 3. The summed E-state index contributed by atoms with van der Waals surface area (Å²) in [6.45, 7) is -1.60. The molecule has 0 fully saturated rings. The second-order valence-electron chi connectivity index (χ2n) is 17.2. The lowest BCUT2D eigenvalue weighted by Gasteiger charge is -2.11. The summed E-state index contributed by atoms with van der Waals surface area (Å²) in [5, 5.41) is 27.1. The molecule has 0 saturated heterocycles. The van der Waals surface area contributed by atoms with Crippen LogP contribution in [0.2, 0.25) is 0 Å². The summed E-state index contributed by atoms with van der Waals surface area (Å²) in [4.78, 5) is 70.3. The number of rotatable bonds is 21. The average Bonchev–Trinajstić information content (AvgIpc) is 3.16. The van der Waals surface area contributed by atoms with Crippen LogP contribution in [-0.4, -0.2) is 117 Å². The van der Waals surface area contributed by atoms with Crippen molar-refractivity contribution in [2.45, 2.75) is 14.9 Å². The van der Waals surface area contributed by atoms with Crippen molar-refractivity contribution in [3.8, 4) is 103 Å². The molecule has 0 radical (unpaired) electrons. The van der Waals surface area contributed by atoms with Crippen LogP contribution in [0.5, 0.6) is 69.0 Å². The highest BCUT2D eigenvalue weighted by Gasteiger charge is 2.20. The minimum absolute atomic E-state index is 0. The molecule has 0 spiro atoms. The summed E-state index contributed by atoms with van der Waals surface area (Å²) in [5.74, 6) is 1.92. The zero-order chi connectivity index (χ0) is 60.8. The molecule has 3 aromatic heterocycles. The Bertz CT molecular complexity index is 3670. The molecule has 3 N–H and O–H groups in total. The Morgan fingerprint density at radius 2 is 0.558 bits per heavy atom. The van der Waals surface area contributed by atoms with Crippen molar-refractivity contribution < 1.29 is 99.8 Å². The van der Waals surface area contributed by atoms with Crippen LogP contribution in [0.15, 0.2) is 137 Å². The van der Waals surface area contributed by atoms with Gasteiger partial charge in [0, 0.05) is 71.3 Å². The van der Waals surface area contributed by atoms with E-state index in [0.29, 0.717) is 68.5 Å². The largest absolute Gasteiger partial charge is 0.496 e. The van der Waals surface area contributed by atoms with Crippen molar-refractivity contribution in [1.29, 1.82) is 0 Å². The van der Waals surface area contributed by atoms with Crippen LogP contribution in [0.25, 0.3) is 66.9 Å². The molecule has 6 aromatic carbocycles. The molecule has 9 rings (SSSR count). The Labute approximate surface area is 490 Å². The summed E-state index contributed by atoms with van der Waals surface area (Å²) in [7, 11) is 13.3. The van der Waals surface area contributed by atoms with E-state index >= 15 is 0 Å². The van der Waals surface area contributed by atoms with E-state index in [4.69, 9.17) is 85.4 Å². The maximum absolute atomic E-state index is 12.7. The fraction of sp³-hybridized carbons (Fsp3) is 0.226. The van der Waals surface area contributed by atoms with E-state index in [9.17, 15) is 28.8 Å². The summed E-state index contributed by atoms with van der Waals surface area (Å²) < 4.78 is 80.5. The predicted molar refractivity (Wildman–Crippen MR) is 316 cm³/mol. The first-order chi connectivity index (χ1) is 40.4. The van der Waals surface area contributed by atoms with Gasteiger partial charge in [0.2, 0.25) is 0 Å². The van der Waals surface area contributed by atoms with Crippen LogP contribution in [0.3, 0.4) is 0 Å². The lowest BCUT2D eigenvalue weighted by molar-refractivity contribution is -0.140. The van der Waals surface area contributed by atoms with Crippen molar-refractivity contribution in [2.24, 2.45) is 0 Å². The fourth-order valence-electron chi connectivity index (χ4n) is 8.25. The van der Waals surface area contributed by atoms with Gasteiger partial charge < -0.3 is 85.4 Å². The Hall–Kier alpha value is -11.0. The van der Waals surface area contributed by atoms with Gasteiger partial charge in [-0.25, -0.2) is 14.4 Å². The highest BCUT2D eigenvalue weighted by Crippen LogP contribution is 2.39. The number of aliphatic carboxylic acids is 3. The third kappa shape index (κ3) is 15.3. The van der Waals surface area contributed by atoms with Gasteiger partial charge in [-0.2, -0.15) is 0 Å². The van der Waals surface area contributed by atoms with E-state index < -0.39 is 37.7 Å². The lowest BCUT2D eigenvalue weighted by atomic mass is 10.1. The molecule has 9 aromatic rings. The number of hydrogen-bond acceptors (Lipinski definition) is 21.